The molecular formula is C26H28N4O4. The third kappa shape index (κ3) is 4.46. The van der Waals surface area contributed by atoms with Gasteiger partial charge in [0.15, 0.2) is 0 Å². The topological polar surface area (TPSA) is 112 Å². The zero-order valence-electron chi connectivity index (χ0n) is 19.3. The van der Waals surface area contributed by atoms with Crippen molar-refractivity contribution in [2.75, 3.05) is 11.9 Å². The molecule has 3 atom stereocenters. The van der Waals surface area contributed by atoms with E-state index in [1.54, 1.807) is 0 Å². The van der Waals surface area contributed by atoms with Crippen LogP contribution in [0.2, 0.25) is 0 Å². The molecule has 34 heavy (non-hydrogen) atoms. The van der Waals surface area contributed by atoms with Gasteiger partial charge >= 0.3 is 6.09 Å². The van der Waals surface area contributed by atoms with Gasteiger partial charge < -0.3 is 20.3 Å². The van der Waals surface area contributed by atoms with E-state index in [0.717, 1.165) is 11.1 Å². The Balaban J connectivity index is 1.51. The summed E-state index contributed by atoms with van der Waals surface area (Å²) in [6, 6.07) is 17.2. The minimum atomic E-state index is -0.969. The van der Waals surface area contributed by atoms with Crippen molar-refractivity contribution < 1.29 is 19.1 Å². The second-order valence-electron chi connectivity index (χ2n) is 9.29. The molecular weight excluding hydrogens is 432 g/mol. The standard InChI is InChI=1S/C26H28N4O4/c1-17(2)12-22(29-25(33)34-15-18-8-4-3-5-9-18)23(31)30-16-26(13-19(30)14-27)20-10-6-7-11-21(20)28-24(26)32/h3-11,17,19,22H,12-13,15-16H2,1-2H3,(H,28,32)(H,29,33)/t19-,22-,26-/m0/s1. The van der Waals surface area contributed by atoms with Gasteiger partial charge in [0.1, 0.15) is 18.7 Å². The number of hydrogen-bond donors (Lipinski definition) is 2. The van der Waals surface area contributed by atoms with Gasteiger partial charge in [-0.1, -0.05) is 62.4 Å². The molecule has 176 valence electrons. The number of fused-ring (bicyclic) bond motifs is 2. The van der Waals surface area contributed by atoms with E-state index in [0.29, 0.717) is 12.1 Å². The Hall–Kier alpha value is -3.86. The first-order valence-electron chi connectivity index (χ1n) is 11.4. The van der Waals surface area contributed by atoms with Crippen molar-refractivity contribution in [1.82, 2.24) is 10.2 Å². The largest absolute Gasteiger partial charge is 0.445 e. The van der Waals surface area contributed by atoms with Crippen molar-refractivity contribution in [3.05, 3.63) is 65.7 Å². The molecule has 8 heteroatoms. The van der Waals surface area contributed by atoms with Crippen molar-refractivity contribution in [2.24, 2.45) is 5.92 Å². The number of amides is 3. The lowest BCUT2D eigenvalue weighted by atomic mass is 9.80. The molecule has 0 unspecified atom stereocenters. The molecule has 0 bridgehead atoms. The summed E-state index contributed by atoms with van der Waals surface area (Å²) < 4.78 is 5.31. The number of rotatable bonds is 6. The lowest BCUT2D eigenvalue weighted by Crippen LogP contribution is -2.51. The van der Waals surface area contributed by atoms with E-state index in [1.165, 1.54) is 4.90 Å². The number of carbonyl (C=O) groups excluding carboxylic acids is 3. The number of para-hydroxylation sites is 1. The van der Waals surface area contributed by atoms with Crippen molar-refractivity contribution >= 4 is 23.6 Å². The van der Waals surface area contributed by atoms with Gasteiger partial charge in [0.2, 0.25) is 11.8 Å². The van der Waals surface area contributed by atoms with Crippen LogP contribution in [0.1, 0.15) is 37.8 Å². The summed E-state index contributed by atoms with van der Waals surface area (Å²) in [5, 5.41) is 15.4. The number of ether oxygens (including phenoxy) is 1. The molecule has 0 radical (unpaired) electrons. The van der Waals surface area contributed by atoms with Gasteiger partial charge in [0.25, 0.3) is 0 Å². The Morgan fingerprint density at radius 3 is 2.62 bits per heavy atom. The number of anilines is 1. The van der Waals surface area contributed by atoms with E-state index in [9.17, 15) is 19.6 Å². The van der Waals surface area contributed by atoms with Crippen LogP contribution in [0.25, 0.3) is 0 Å². The van der Waals surface area contributed by atoms with Gasteiger partial charge in [-0.3, -0.25) is 9.59 Å². The minimum absolute atomic E-state index is 0.0832. The second kappa shape index (κ2) is 9.56. The zero-order valence-corrected chi connectivity index (χ0v) is 19.3. The molecule has 1 spiro atoms. The number of nitriles is 1. The molecule has 8 nitrogen and oxygen atoms in total. The number of carbonyl (C=O) groups is 3. The molecule has 4 rings (SSSR count). The first-order chi connectivity index (χ1) is 16.3. The predicted molar refractivity (Wildman–Crippen MR) is 125 cm³/mol. The molecule has 0 aliphatic carbocycles. The fourth-order valence-electron chi connectivity index (χ4n) is 4.79. The van der Waals surface area contributed by atoms with E-state index in [1.807, 2.05) is 68.4 Å². The Labute approximate surface area is 198 Å². The minimum Gasteiger partial charge on any atom is -0.445 e. The van der Waals surface area contributed by atoms with Crippen LogP contribution in [-0.2, 0) is 26.3 Å². The maximum Gasteiger partial charge on any atom is 0.408 e. The monoisotopic (exact) mass is 460 g/mol. The number of likely N-dealkylation sites (tertiary alicyclic amines) is 1. The summed E-state index contributed by atoms with van der Waals surface area (Å²) in [5.41, 5.74) is 1.37. The van der Waals surface area contributed by atoms with Crippen LogP contribution < -0.4 is 10.6 Å². The van der Waals surface area contributed by atoms with Gasteiger partial charge in [-0.25, -0.2) is 4.79 Å². The highest BCUT2D eigenvalue weighted by molar-refractivity contribution is 6.07. The molecule has 0 aromatic heterocycles. The molecule has 2 aromatic rings. The van der Waals surface area contributed by atoms with Crippen molar-refractivity contribution in [3.63, 3.8) is 0 Å². The van der Waals surface area contributed by atoms with E-state index in [4.69, 9.17) is 4.74 Å². The Kier molecular flexibility index (Phi) is 6.55. The van der Waals surface area contributed by atoms with Crippen LogP contribution in [0.15, 0.2) is 54.6 Å². The van der Waals surface area contributed by atoms with Crippen molar-refractivity contribution in [2.45, 2.75) is 50.8 Å². The van der Waals surface area contributed by atoms with Gasteiger partial charge in [-0.2, -0.15) is 5.26 Å². The summed E-state index contributed by atoms with van der Waals surface area (Å²) in [7, 11) is 0. The van der Waals surface area contributed by atoms with Crippen molar-refractivity contribution in [3.8, 4) is 6.07 Å². The first-order valence-corrected chi connectivity index (χ1v) is 11.4. The average molecular weight is 461 g/mol. The molecule has 2 aliphatic heterocycles. The lowest BCUT2D eigenvalue weighted by Gasteiger charge is -2.28. The summed E-state index contributed by atoms with van der Waals surface area (Å²) in [6.07, 6.45) is -0.108. The van der Waals surface area contributed by atoms with E-state index >= 15 is 0 Å². The van der Waals surface area contributed by atoms with Crippen LogP contribution in [0, 0.1) is 17.2 Å². The normalized spacial score (nSPS) is 21.6. The number of hydrogen-bond acceptors (Lipinski definition) is 5. The lowest BCUT2D eigenvalue weighted by molar-refractivity contribution is -0.134. The summed E-state index contributed by atoms with van der Waals surface area (Å²) in [6.45, 7) is 4.07. The van der Waals surface area contributed by atoms with Crippen LogP contribution >= 0.6 is 0 Å². The van der Waals surface area contributed by atoms with E-state index in [2.05, 4.69) is 16.7 Å². The molecule has 1 saturated heterocycles. The van der Waals surface area contributed by atoms with Gasteiger partial charge in [0, 0.05) is 18.7 Å². The zero-order chi connectivity index (χ0) is 24.3. The molecule has 2 heterocycles. The summed E-state index contributed by atoms with van der Waals surface area (Å²) >= 11 is 0. The fraction of sp³-hybridized carbons (Fsp3) is 0.385. The highest BCUT2D eigenvalue weighted by atomic mass is 16.5. The predicted octanol–water partition coefficient (Wildman–Crippen LogP) is 3.34. The maximum absolute atomic E-state index is 13.6. The third-order valence-corrected chi connectivity index (χ3v) is 6.43. The van der Waals surface area contributed by atoms with Gasteiger partial charge in [-0.05, 0) is 29.5 Å². The maximum atomic E-state index is 13.6. The van der Waals surface area contributed by atoms with Crippen LogP contribution in [0.3, 0.4) is 0 Å². The van der Waals surface area contributed by atoms with Crippen molar-refractivity contribution in [1.29, 1.82) is 5.26 Å². The fourth-order valence-corrected chi connectivity index (χ4v) is 4.79. The third-order valence-electron chi connectivity index (χ3n) is 6.43. The van der Waals surface area contributed by atoms with E-state index in [-0.39, 0.29) is 37.3 Å². The molecule has 0 saturated carbocycles. The highest BCUT2D eigenvalue weighted by Gasteiger charge is 2.56. The smallest absolute Gasteiger partial charge is 0.408 e. The van der Waals surface area contributed by atoms with Gasteiger partial charge in [-0.15, -0.1) is 0 Å². The molecule has 3 amide bonds. The SMILES string of the molecule is CC(C)C[C@H](NC(=O)OCc1ccccc1)C(=O)N1C[C@]2(C[C@H]1C#N)C(=O)Nc1ccccc12. The molecule has 2 aliphatic rings. The first kappa shape index (κ1) is 23.3. The molecule has 2 aromatic carbocycles. The van der Waals surface area contributed by atoms with Gasteiger partial charge in [0.05, 0.1) is 11.5 Å². The number of nitrogens with one attached hydrogen (secondary N) is 2. The van der Waals surface area contributed by atoms with Crippen LogP contribution in [0.5, 0.6) is 0 Å². The van der Waals surface area contributed by atoms with E-state index < -0.39 is 23.6 Å². The Morgan fingerprint density at radius 2 is 1.91 bits per heavy atom. The quantitative estimate of drug-likeness (QED) is 0.687. The Morgan fingerprint density at radius 1 is 1.21 bits per heavy atom. The second-order valence-corrected chi connectivity index (χ2v) is 9.29. The number of alkyl carbamates (subject to hydrolysis) is 1. The average Bonchev–Trinajstić information content (AvgIpc) is 3.35. The highest BCUT2D eigenvalue weighted by Crippen LogP contribution is 2.46. The number of benzene rings is 2. The summed E-state index contributed by atoms with van der Waals surface area (Å²) in [5.74, 6) is -0.484. The summed E-state index contributed by atoms with van der Waals surface area (Å²) in [4.78, 5) is 40.5. The van der Waals surface area contributed by atoms with Crippen LogP contribution in [-0.4, -0.2) is 41.4 Å². The molecule has 2 N–H and O–H groups in total. The number of nitrogens with zero attached hydrogens (tertiary/aromatic N) is 2. The Bertz CT molecular complexity index is 1130. The van der Waals surface area contributed by atoms with Crippen LogP contribution in [0.4, 0.5) is 10.5 Å². The molecule has 1 fully saturated rings.